The van der Waals surface area contributed by atoms with Crippen LogP contribution in [0.25, 0.3) is 10.8 Å². The number of hydrogen-bond donors (Lipinski definition) is 1. The molecule has 0 aliphatic heterocycles. The second-order valence-corrected chi connectivity index (χ2v) is 7.13. The Hall–Kier alpha value is -0.246. The average Bonchev–Trinajstić information content (AvgIpc) is 2.95. The fraction of sp³-hybridized carbons (Fsp3) is 0.188. The van der Waals surface area contributed by atoms with Crippen molar-refractivity contribution in [3.63, 3.8) is 0 Å². The molecule has 1 fully saturated rings. The molecule has 2 aliphatic rings. The van der Waals surface area contributed by atoms with Crippen molar-refractivity contribution in [2.75, 3.05) is 0 Å². The van der Waals surface area contributed by atoms with Gasteiger partial charge in [-0.15, -0.1) is 35.0 Å². The normalized spacial score (nSPS) is 23.4. The largest absolute Gasteiger partial charge is 3.00 e. The van der Waals surface area contributed by atoms with Crippen molar-refractivity contribution >= 4 is 23.7 Å². The summed E-state index contributed by atoms with van der Waals surface area (Å²) in [5.41, 5.74) is 0.469. The molecular formula is C16H14Cl2O3PTi. The van der Waals surface area contributed by atoms with Crippen molar-refractivity contribution in [2.24, 2.45) is 0 Å². The van der Waals surface area contributed by atoms with Crippen LogP contribution in [-0.4, -0.2) is 10.5 Å². The predicted molar refractivity (Wildman–Crippen MR) is 79.3 cm³/mol. The van der Waals surface area contributed by atoms with Crippen LogP contribution in [0.2, 0.25) is 0 Å². The Morgan fingerprint density at radius 1 is 1.26 bits per heavy atom. The van der Waals surface area contributed by atoms with Gasteiger partial charge in [-0.05, 0) is 29.8 Å². The number of halogens is 2. The Kier molecular flexibility index (Phi) is 6.63. The van der Waals surface area contributed by atoms with Crippen molar-refractivity contribution in [3.8, 4) is 0 Å². The third kappa shape index (κ3) is 3.43. The first-order chi connectivity index (χ1) is 9.59. The molecule has 1 N–H and O–H groups in total. The number of benzene rings is 1. The van der Waals surface area contributed by atoms with Crippen molar-refractivity contribution in [1.82, 2.24) is 0 Å². The van der Waals surface area contributed by atoms with E-state index in [-0.39, 0.29) is 46.5 Å². The van der Waals surface area contributed by atoms with Gasteiger partial charge >= 0.3 is 29.3 Å². The van der Waals surface area contributed by atoms with Crippen molar-refractivity contribution in [1.29, 1.82) is 0 Å². The molecule has 0 spiro atoms. The van der Waals surface area contributed by atoms with Crippen LogP contribution in [0.1, 0.15) is 12.8 Å². The van der Waals surface area contributed by atoms with Gasteiger partial charge in [0.2, 0.25) is 0 Å². The summed E-state index contributed by atoms with van der Waals surface area (Å²) in [4.78, 5) is 10.3. The third-order valence-electron chi connectivity index (χ3n) is 4.19. The van der Waals surface area contributed by atoms with Gasteiger partial charge in [0.25, 0.3) is 0 Å². The number of allylic oxidation sites excluding steroid dienone is 2. The standard InChI is InChI=1S/C16H14O3P.2ClH.Ti/c17-20(18,19-16-8-3-6-14(16)7-9-16)15-10-12-4-1-2-5-13(12)11-15;;;/h1-6,8,10-11H,7,9H2,(H,17,18);2*1H;/q-1;;;+3/p-2. The average molecular weight is 404 g/mol. The third-order valence-corrected chi connectivity index (χ3v) is 5.67. The molecule has 2 aromatic rings. The zero-order chi connectivity index (χ0) is 13.8. The molecule has 0 amide bonds. The maximum atomic E-state index is 12.6. The second-order valence-electron chi connectivity index (χ2n) is 5.39. The molecule has 0 bridgehead atoms. The summed E-state index contributed by atoms with van der Waals surface area (Å²) in [6, 6.07) is 11.2. The first kappa shape index (κ1) is 20.8. The van der Waals surface area contributed by atoms with Gasteiger partial charge in [-0.1, -0.05) is 18.2 Å². The Labute approximate surface area is 162 Å². The molecule has 7 heteroatoms. The quantitative estimate of drug-likeness (QED) is 0.348. The van der Waals surface area contributed by atoms with Crippen LogP contribution in [0.5, 0.6) is 0 Å². The number of hydrogen-bond acceptors (Lipinski definition) is 2. The molecular weight excluding hydrogens is 390 g/mol. The Balaban J connectivity index is 0.000000882. The van der Waals surface area contributed by atoms with Gasteiger partial charge in [0.1, 0.15) is 5.60 Å². The fourth-order valence-electron chi connectivity index (χ4n) is 2.96. The van der Waals surface area contributed by atoms with Gasteiger partial charge in [-0.3, -0.25) is 9.09 Å². The van der Waals surface area contributed by atoms with Gasteiger partial charge in [0.05, 0.1) is 0 Å². The van der Waals surface area contributed by atoms with Crippen molar-refractivity contribution < 1.29 is 60.5 Å². The molecule has 119 valence electrons. The summed E-state index contributed by atoms with van der Waals surface area (Å²) in [6.07, 6.45) is 7.49. The predicted octanol–water partition coefficient (Wildman–Crippen LogP) is -2.58. The van der Waals surface area contributed by atoms with E-state index >= 15 is 0 Å². The van der Waals surface area contributed by atoms with Gasteiger partial charge in [0, 0.05) is 0 Å². The van der Waals surface area contributed by atoms with Crippen molar-refractivity contribution in [2.45, 2.75) is 18.4 Å². The van der Waals surface area contributed by atoms with Crippen molar-refractivity contribution in [3.05, 3.63) is 60.2 Å². The summed E-state index contributed by atoms with van der Waals surface area (Å²) >= 11 is 0. The van der Waals surface area contributed by atoms with Crippen LogP contribution < -0.4 is 30.1 Å². The summed E-state index contributed by atoms with van der Waals surface area (Å²) in [5.74, 6) is 0. The van der Waals surface area contributed by atoms with E-state index in [9.17, 15) is 9.46 Å². The minimum Gasteiger partial charge on any atom is -1.00 e. The van der Waals surface area contributed by atoms with Crippen LogP contribution in [0, 0.1) is 0 Å². The fourth-order valence-corrected chi connectivity index (χ4v) is 4.38. The molecule has 4 rings (SSSR count). The zero-order valence-electron chi connectivity index (χ0n) is 12.1. The molecule has 2 aromatic carbocycles. The maximum absolute atomic E-state index is 12.6. The summed E-state index contributed by atoms with van der Waals surface area (Å²) in [6.45, 7) is 0. The molecule has 0 saturated heterocycles. The minimum atomic E-state index is -3.81. The molecule has 1 radical (unpaired) electrons. The number of rotatable bonds is 3. The molecule has 2 unspecified atom stereocenters. The van der Waals surface area contributed by atoms with Gasteiger partial charge in [-0.2, -0.15) is 6.07 Å². The molecule has 1 saturated carbocycles. The second kappa shape index (κ2) is 7.33. The summed E-state index contributed by atoms with van der Waals surface area (Å²) in [7, 11) is -3.81. The van der Waals surface area contributed by atoms with Crippen LogP contribution >= 0.6 is 7.60 Å². The Morgan fingerprint density at radius 3 is 2.61 bits per heavy atom. The van der Waals surface area contributed by atoms with Crippen LogP contribution in [0.4, 0.5) is 0 Å². The zero-order valence-corrected chi connectivity index (χ0v) is 16.0. The SMILES string of the molecule is O=P(O)(OC12C=CC=C1CC2)c1cc2ccccc2[cH-]1.[Cl-].[Cl-].[Ti+3]. The van der Waals surface area contributed by atoms with E-state index in [0.717, 1.165) is 29.2 Å². The first-order valence-corrected chi connectivity index (χ1v) is 8.25. The van der Waals surface area contributed by atoms with Gasteiger partial charge in [-0.25, -0.2) is 0 Å². The van der Waals surface area contributed by atoms with E-state index in [4.69, 9.17) is 4.52 Å². The number of fused-ring (bicyclic) bond motifs is 2. The van der Waals surface area contributed by atoms with E-state index in [1.54, 1.807) is 12.1 Å². The van der Waals surface area contributed by atoms with E-state index < -0.39 is 13.2 Å². The molecule has 2 atom stereocenters. The monoisotopic (exact) mass is 403 g/mol. The Bertz CT molecular complexity index is 782. The van der Waals surface area contributed by atoms with E-state index in [1.807, 2.05) is 42.5 Å². The van der Waals surface area contributed by atoms with Crippen LogP contribution in [0.3, 0.4) is 0 Å². The smallest absolute Gasteiger partial charge is 1.00 e. The minimum absolute atomic E-state index is 0. The topological polar surface area (TPSA) is 46.5 Å². The van der Waals surface area contributed by atoms with Gasteiger partial charge in [0.15, 0.2) is 0 Å². The molecule has 2 aliphatic carbocycles. The summed E-state index contributed by atoms with van der Waals surface area (Å²) in [5, 5.41) is 2.30. The molecule has 23 heavy (non-hydrogen) atoms. The summed E-state index contributed by atoms with van der Waals surface area (Å²) < 4.78 is 18.3. The van der Waals surface area contributed by atoms with Gasteiger partial charge < -0.3 is 29.7 Å². The van der Waals surface area contributed by atoms with Crippen LogP contribution in [0.15, 0.2) is 60.2 Å². The van der Waals surface area contributed by atoms with E-state index in [0.29, 0.717) is 5.30 Å². The Morgan fingerprint density at radius 2 is 2.00 bits per heavy atom. The van der Waals surface area contributed by atoms with E-state index in [1.165, 1.54) is 0 Å². The maximum Gasteiger partial charge on any atom is 3.00 e. The van der Waals surface area contributed by atoms with Crippen LogP contribution in [-0.2, 0) is 30.8 Å². The first-order valence-electron chi connectivity index (χ1n) is 6.68. The van der Waals surface area contributed by atoms with E-state index in [2.05, 4.69) is 0 Å². The molecule has 3 nitrogen and oxygen atoms in total. The molecule has 0 aromatic heterocycles. The molecule has 0 heterocycles.